The lowest BCUT2D eigenvalue weighted by Gasteiger charge is -1.95. The van der Waals surface area contributed by atoms with Crippen LogP contribution < -0.4 is 5.32 Å². The first-order valence-corrected chi connectivity index (χ1v) is 3.78. The van der Waals surface area contributed by atoms with Crippen molar-refractivity contribution in [2.24, 2.45) is 0 Å². The average Bonchev–Trinajstić information content (AvgIpc) is 2.60. The lowest BCUT2D eigenvalue weighted by atomic mass is 10.2. The van der Waals surface area contributed by atoms with Gasteiger partial charge in [-0.2, -0.15) is 0 Å². The second-order valence-electron chi connectivity index (χ2n) is 2.90. The molecule has 11 heavy (non-hydrogen) atoms. The van der Waals surface area contributed by atoms with Gasteiger partial charge in [0.05, 0.1) is 0 Å². The van der Waals surface area contributed by atoms with E-state index in [-0.39, 0.29) is 0 Å². The molecule has 3 rings (SSSR count). The van der Waals surface area contributed by atoms with Crippen LogP contribution in [-0.2, 0) is 6.54 Å². The zero-order valence-electron chi connectivity index (χ0n) is 6.02. The summed E-state index contributed by atoms with van der Waals surface area (Å²) in [7, 11) is 0. The molecule has 0 atom stereocenters. The summed E-state index contributed by atoms with van der Waals surface area (Å²) in [6.07, 6.45) is 2.08. The van der Waals surface area contributed by atoms with Crippen LogP contribution in [0.25, 0.3) is 10.9 Å². The highest BCUT2D eigenvalue weighted by Crippen LogP contribution is 2.31. The molecule has 0 spiro atoms. The highest BCUT2D eigenvalue weighted by Gasteiger charge is 2.13. The summed E-state index contributed by atoms with van der Waals surface area (Å²) in [4.78, 5) is 3.24. The zero-order valence-corrected chi connectivity index (χ0v) is 6.02. The zero-order chi connectivity index (χ0) is 7.26. The molecule has 0 unspecified atom stereocenters. The topological polar surface area (TPSA) is 27.8 Å². The fraction of sp³-hybridized carbons (Fsp3) is 0.111. The third kappa shape index (κ3) is 0.522. The summed E-state index contributed by atoms with van der Waals surface area (Å²) in [5, 5.41) is 4.70. The van der Waals surface area contributed by atoms with Crippen LogP contribution in [0.2, 0.25) is 0 Å². The molecule has 0 amide bonds. The Morgan fingerprint density at radius 3 is 3.27 bits per heavy atom. The SMILES string of the molecule is c1cc2c3c(c[nH]c3c1)CN2. The van der Waals surface area contributed by atoms with E-state index in [1.165, 1.54) is 22.2 Å². The molecule has 0 fully saturated rings. The lowest BCUT2D eigenvalue weighted by molar-refractivity contribution is 1.20. The standard InChI is InChI=1S/C9H8N2/c1-2-7-9-6(4-10-7)5-11-8(9)3-1/h1-4,10-11H,5H2. The fourth-order valence-electron chi connectivity index (χ4n) is 1.73. The molecule has 0 aliphatic carbocycles. The van der Waals surface area contributed by atoms with Gasteiger partial charge in [0, 0.05) is 29.3 Å². The van der Waals surface area contributed by atoms with Crippen LogP contribution in [0.3, 0.4) is 0 Å². The second-order valence-corrected chi connectivity index (χ2v) is 2.90. The highest BCUT2D eigenvalue weighted by molar-refractivity contribution is 5.97. The minimum atomic E-state index is 0.972. The monoisotopic (exact) mass is 144 g/mol. The lowest BCUT2D eigenvalue weighted by Crippen LogP contribution is -1.88. The number of anilines is 1. The molecule has 1 aromatic carbocycles. The van der Waals surface area contributed by atoms with Gasteiger partial charge in [-0.25, -0.2) is 0 Å². The van der Waals surface area contributed by atoms with Crippen LogP contribution >= 0.6 is 0 Å². The molecule has 1 aromatic heterocycles. The average molecular weight is 144 g/mol. The van der Waals surface area contributed by atoms with Crippen LogP contribution in [0, 0.1) is 0 Å². The number of aromatic nitrogens is 1. The van der Waals surface area contributed by atoms with Crippen molar-refractivity contribution < 1.29 is 0 Å². The van der Waals surface area contributed by atoms with E-state index >= 15 is 0 Å². The van der Waals surface area contributed by atoms with E-state index < -0.39 is 0 Å². The molecular formula is C9H8N2. The Kier molecular flexibility index (Phi) is 0.756. The van der Waals surface area contributed by atoms with Gasteiger partial charge in [-0.1, -0.05) is 6.07 Å². The summed E-state index contributed by atoms with van der Waals surface area (Å²) in [5.74, 6) is 0. The van der Waals surface area contributed by atoms with E-state index in [1.54, 1.807) is 0 Å². The van der Waals surface area contributed by atoms with Crippen LogP contribution in [-0.4, -0.2) is 4.98 Å². The summed E-state index contributed by atoms with van der Waals surface area (Å²) in [6, 6.07) is 6.29. The summed E-state index contributed by atoms with van der Waals surface area (Å²) >= 11 is 0. The molecule has 0 radical (unpaired) electrons. The van der Waals surface area contributed by atoms with Gasteiger partial charge in [0.15, 0.2) is 0 Å². The number of H-pyrrole nitrogens is 1. The van der Waals surface area contributed by atoms with E-state index in [0.29, 0.717) is 0 Å². The van der Waals surface area contributed by atoms with Crippen molar-refractivity contribution in [3.63, 3.8) is 0 Å². The van der Waals surface area contributed by atoms with Crippen molar-refractivity contribution in [1.29, 1.82) is 0 Å². The van der Waals surface area contributed by atoms with Crippen LogP contribution in [0.4, 0.5) is 5.69 Å². The third-order valence-corrected chi connectivity index (χ3v) is 2.26. The molecule has 1 aliphatic rings. The maximum Gasteiger partial charge on any atom is 0.0478 e. The van der Waals surface area contributed by atoms with Gasteiger partial charge in [-0.3, -0.25) is 0 Å². The van der Waals surface area contributed by atoms with Gasteiger partial charge < -0.3 is 10.3 Å². The number of benzene rings is 1. The predicted molar refractivity (Wildman–Crippen MR) is 45.6 cm³/mol. The Morgan fingerprint density at radius 1 is 1.27 bits per heavy atom. The Hall–Kier alpha value is -1.44. The van der Waals surface area contributed by atoms with Gasteiger partial charge in [0.25, 0.3) is 0 Å². The predicted octanol–water partition coefficient (Wildman–Crippen LogP) is 2.09. The van der Waals surface area contributed by atoms with Gasteiger partial charge in [0.2, 0.25) is 0 Å². The van der Waals surface area contributed by atoms with Crippen molar-refractivity contribution in [3.8, 4) is 0 Å². The van der Waals surface area contributed by atoms with E-state index in [9.17, 15) is 0 Å². The van der Waals surface area contributed by atoms with Crippen molar-refractivity contribution in [2.45, 2.75) is 6.54 Å². The Bertz CT molecular complexity index is 414. The summed E-state index contributed by atoms with van der Waals surface area (Å²) in [6.45, 7) is 0.972. The molecule has 0 saturated carbocycles. The van der Waals surface area contributed by atoms with Crippen LogP contribution in [0.5, 0.6) is 0 Å². The molecule has 2 heteroatoms. The Balaban J connectivity index is 2.61. The number of rotatable bonds is 0. The minimum Gasteiger partial charge on any atom is -0.380 e. The maximum atomic E-state index is 3.33. The van der Waals surface area contributed by atoms with Crippen molar-refractivity contribution >= 4 is 16.6 Å². The molecule has 2 aromatic rings. The molecule has 2 N–H and O–H groups in total. The molecule has 2 heterocycles. The minimum absolute atomic E-state index is 0.972. The first-order valence-electron chi connectivity index (χ1n) is 3.78. The van der Waals surface area contributed by atoms with E-state index in [1.807, 2.05) is 0 Å². The van der Waals surface area contributed by atoms with Crippen molar-refractivity contribution in [2.75, 3.05) is 5.32 Å². The summed E-state index contributed by atoms with van der Waals surface area (Å²) < 4.78 is 0. The first kappa shape index (κ1) is 5.24. The quantitative estimate of drug-likeness (QED) is 0.582. The van der Waals surface area contributed by atoms with E-state index in [0.717, 1.165) is 6.54 Å². The smallest absolute Gasteiger partial charge is 0.0478 e. The maximum absolute atomic E-state index is 3.33. The van der Waals surface area contributed by atoms with Gasteiger partial charge in [-0.05, 0) is 17.7 Å². The molecule has 2 nitrogen and oxygen atoms in total. The van der Waals surface area contributed by atoms with Crippen molar-refractivity contribution in [3.05, 3.63) is 30.0 Å². The molecule has 0 bridgehead atoms. The largest absolute Gasteiger partial charge is 0.380 e. The Labute approximate surface area is 64.2 Å². The van der Waals surface area contributed by atoms with E-state index in [2.05, 4.69) is 34.7 Å². The van der Waals surface area contributed by atoms with Gasteiger partial charge in [-0.15, -0.1) is 0 Å². The first-order chi connectivity index (χ1) is 5.45. The van der Waals surface area contributed by atoms with Crippen LogP contribution in [0.15, 0.2) is 24.4 Å². The number of nitrogens with one attached hydrogen (secondary N) is 2. The van der Waals surface area contributed by atoms with Gasteiger partial charge in [0.1, 0.15) is 0 Å². The third-order valence-electron chi connectivity index (χ3n) is 2.26. The number of hydrogen-bond acceptors (Lipinski definition) is 1. The number of hydrogen-bond donors (Lipinski definition) is 2. The van der Waals surface area contributed by atoms with E-state index in [4.69, 9.17) is 0 Å². The fourth-order valence-corrected chi connectivity index (χ4v) is 1.73. The second kappa shape index (κ2) is 1.59. The molecule has 0 saturated heterocycles. The van der Waals surface area contributed by atoms with Crippen molar-refractivity contribution in [1.82, 2.24) is 4.98 Å². The Morgan fingerprint density at radius 2 is 2.27 bits per heavy atom. The highest BCUT2D eigenvalue weighted by atomic mass is 14.9. The summed E-state index contributed by atoms with van der Waals surface area (Å²) in [5.41, 5.74) is 3.89. The normalized spacial score (nSPS) is 13.8. The molecule has 1 aliphatic heterocycles. The molecular weight excluding hydrogens is 136 g/mol. The van der Waals surface area contributed by atoms with Gasteiger partial charge >= 0.3 is 0 Å². The van der Waals surface area contributed by atoms with Crippen LogP contribution in [0.1, 0.15) is 5.56 Å². The number of aromatic amines is 1. The molecule has 54 valence electrons.